The summed E-state index contributed by atoms with van der Waals surface area (Å²) in [5, 5.41) is 16.0. The van der Waals surface area contributed by atoms with Crippen molar-refractivity contribution in [2.45, 2.75) is 32.2 Å². The number of hydrogen-bond acceptors (Lipinski definition) is 5. The summed E-state index contributed by atoms with van der Waals surface area (Å²) in [7, 11) is 0. The molecule has 0 saturated carbocycles. The summed E-state index contributed by atoms with van der Waals surface area (Å²) >= 11 is 0. The van der Waals surface area contributed by atoms with E-state index in [1.165, 1.54) is 10.7 Å². The van der Waals surface area contributed by atoms with Crippen molar-refractivity contribution in [1.29, 1.82) is 0 Å². The number of rotatable bonds is 1. The van der Waals surface area contributed by atoms with Crippen molar-refractivity contribution in [3.8, 4) is 5.69 Å². The van der Waals surface area contributed by atoms with Crippen LogP contribution in [0.2, 0.25) is 0 Å². The smallest absolute Gasteiger partial charge is 0.356 e. The maximum Gasteiger partial charge on any atom is 0.356 e. The predicted octanol–water partition coefficient (Wildman–Crippen LogP) is 1.72. The Morgan fingerprint density at radius 2 is 2.21 bits per heavy atom. The summed E-state index contributed by atoms with van der Waals surface area (Å²) in [6.45, 7) is 1.84. The first kappa shape index (κ1) is 16.1. The monoisotopic (exact) mass is 329 g/mol. The fourth-order valence-electron chi connectivity index (χ4n) is 2.71. The van der Waals surface area contributed by atoms with Gasteiger partial charge in [0.25, 0.3) is 0 Å². The van der Waals surface area contributed by atoms with Crippen molar-refractivity contribution in [2.75, 3.05) is 5.32 Å². The molecule has 126 valence electrons. The molecule has 1 aliphatic rings. The summed E-state index contributed by atoms with van der Waals surface area (Å²) in [5.41, 5.74) is 7.36. The minimum atomic E-state index is -1.16. The quantitative estimate of drug-likeness (QED) is 0.732. The van der Waals surface area contributed by atoms with Crippen molar-refractivity contribution in [1.82, 2.24) is 14.8 Å². The van der Waals surface area contributed by atoms with Crippen LogP contribution >= 0.6 is 0 Å². The van der Waals surface area contributed by atoms with E-state index < -0.39 is 5.97 Å². The molecule has 1 amide bonds. The molecule has 0 aliphatic carbocycles. The lowest BCUT2D eigenvalue weighted by molar-refractivity contribution is -0.119. The molecular weight excluding hydrogens is 310 g/mol. The Morgan fingerprint density at radius 3 is 2.96 bits per heavy atom. The molecule has 0 aromatic carbocycles. The lowest BCUT2D eigenvalue weighted by Crippen LogP contribution is -2.23. The van der Waals surface area contributed by atoms with Gasteiger partial charge in [-0.05, 0) is 25.0 Å². The molecule has 8 nitrogen and oxygen atoms in total. The van der Waals surface area contributed by atoms with Gasteiger partial charge in [-0.1, -0.05) is 13.3 Å². The number of carboxylic acid groups (broad SMARTS) is 1. The number of anilines is 1. The number of aromatic nitrogens is 3. The number of aromatic carboxylic acids is 1. The molecule has 3 rings (SSSR count). The molecule has 8 heteroatoms. The Bertz CT molecular complexity index is 786. The van der Waals surface area contributed by atoms with Gasteiger partial charge < -0.3 is 16.2 Å². The Hall–Kier alpha value is -2.74. The molecule has 24 heavy (non-hydrogen) atoms. The van der Waals surface area contributed by atoms with E-state index >= 15 is 0 Å². The largest absolute Gasteiger partial charge is 0.476 e. The zero-order chi connectivity index (χ0) is 17.3. The number of nitrogens with one attached hydrogen (secondary N) is 1. The third-order valence-electron chi connectivity index (χ3n) is 4.17. The molecule has 2 atom stereocenters. The third kappa shape index (κ3) is 3.13. The summed E-state index contributed by atoms with van der Waals surface area (Å²) in [4.78, 5) is 27.9. The number of amides is 1. The van der Waals surface area contributed by atoms with Gasteiger partial charge in [0, 0.05) is 24.2 Å². The number of carbonyl (C=O) groups is 2. The minimum absolute atomic E-state index is 0.143. The van der Waals surface area contributed by atoms with Gasteiger partial charge >= 0.3 is 5.97 Å². The Morgan fingerprint density at radius 1 is 1.42 bits per heavy atom. The molecular formula is C16H19N5O3. The second-order valence-electron chi connectivity index (χ2n) is 6.00. The number of nitrogens with zero attached hydrogens (tertiary/aromatic N) is 3. The van der Waals surface area contributed by atoms with Crippen molar-refractivity contribution >= 4 is 17.7 Å². The number of hydrogen-bond donors (Lipinski definition) is 3. The van der Waals surface area contributed by atoms with Crippen molar-refractivity contribution in [2.24, 2.45) is 11.7 Å². The second kappa shape index (κ2) is 6.40. The first-order valence-corrected chi connectivity index (χ1v) is 7.82. The van der Waals surface area contributed by atoms with Crippen LogP contribution in [0.1, 0.15) is 48.4 Å². The molecule has 0 saturated heterocycles. The van der Waals surface area contributed by atoms with Crippen LogP contribution in [0.15, 0.2) is 24.4 Å². The molecule has 2 bridgehead atoms. The van der Waals surface area contributed by atoms with E-state index in [9.17, 15) is 14.7 Å². The fourth-order valence-corrected chi connectivity index (χ4v) is 2.71. The SMILES string of the molecule is C[C@@H]1CCC[C@H](N)c2cc(ccn2)-n2nc(C(=O)O)cc2NC1=O. The minimum Gasteiger partial charge on any atom is -0.476 e. The van der Waals surface area contributed by atoms with Crippen LogP contribution in [0.5, 0.6) is 0 Å². The average molecular weight is 329 g/mol. The number of carboxylic acids is 1. The van der Waals surface area contributed by atoms with E-state index in [1.54, 1.807) is 18.3 Å². The molecule has 4 N–H and O–H groups in total. The summed E-state index contributed by atoms with van der Waals surface area (Å²) < 4.78 is 1.40. The Labute approximate surface area is 138 Å². The molecule has 0 fully saturated rings. The standard InChI is InChI=1S/C16H19N5O3/c1-9-3-2-4-11(17)12-7-10(5-6-18-12)21-14(19-15(9)22)8-13(20-21)16(23)24/h5-9,11H,2-4,17H2,1H3,(H,19,22)(H,23,24)/t9-,11+/m1/s1. The number of pyridine rings is 1. The molecule has 2 aromatic heterocycles. The van der Waals surface area contributed by atoms with Gasteiger partial charge in [-0.15, -0.1) is 0 Å². The van der Waals surface area contributed by atoms with Crippen LogP contribution in [-0.2, 0) is 4.79 Å². The maximum atomic E-state index is 12.3. The normalized spacial score (nSPS) is 21.2. The molecule has 1 aliphatic heterocycles. The van der Waals surface area contributed by atoms with Crippen LogP contribution in [0.3, 0.4) is 0 Å². The van der Waals surface area contributed by atoms with E-state index in [1.807, 2.05) is 6.92 Å². The van der Waals surface area contributed by atoms with Crippen LogP contribution in [0.25, 0.3) is 5.69 Å². The van der Waals surface area contributed by atoms with Crippen LogP contribution in [0, 0.1) is 5.92 Å². The molecule has 3 heterocycles. The summed E-state index contributed by atoms with van der Waals surface area (Å²) in [6.07, 6.45) is 3.83. The fraction of sp³-hybridized carbons (Fsp3) is 0.375. The highest BCUT2D eigenvalue weighted by atomic mass is 16.4. The summed E-state index contributed by atoms with van der Waals surface area (Å²) in [5.74, 6) is -1.22. The van der Waals surface area contributed by atoms with Crippen molar-refractivity contribution in [3.63, 3.8) is 0 Å². The number of fused-ring (bicyclic) bond motifs is 4. The highest BCUT2D eigenvalue weighted by Crippen LogP contribution is 2.24. The highest BCUT2D eigenvalue weighted by Gasteiger charge is 2.21. The highest BCUT2D eigenvalue weighted by molar-refractivity contribution is 5.93. The van der Waals surface area contributed by atoms with Gasteiger partial charge in [0.15, 0.2) is 5.69 Å². The van der Waals surface area contributed by atoms with E-state index in [2.05, 4.69) is 15.4 Å². The maximum absolute atomic E-state index is 12.3. The van der Waals surface area contributed by atoms with E-state index in [-0.39, 0.29) is 23.6 Å². The molecule has 0 radical (unpaired) electrons. The second-order valence-corrected chi connectivity index (χ2v) is 6.00. The van der Waals surface area contributed by atoms with Gasteiger partial charge in [0.1, 0.15) is 5.82 Å². The lowest BCUT2D eigenvalue weighted by Gasteiger charge is -2.17. The first-order valence-electron chi connectivity index (χ1n) is 7.82. The topological polar surface area (TPSA) is 123 Å². The van der Waals surface area contributed by atoms with Gasteiger partial charge in [-0.3, -0.25) is 9.78 Å². The molecule has 2 aromatic rings. The van der Waals surface area contributed by atoms with E-state index in [0.717, 1.165) is 12.8 Å². The third-order valence-corrected chi connectivity index (χ3v) is 4.17. The average Bonchev–Trinajstić information content (AvgIpc) is 2.98. The van der Waals surface area contributed by atoms with Crippen LogP contribution < -0.4 is 11.1 Å². The number of nitrogens with two attached hydrogens (primary N) is 1. The van der Waals surface area contributed by atoms with E-state index in [4.69, 9.17) is 5.73 Å². The van der Waals surface area contributed by atoms with Gasteiger partial charge in [0.05, 0.1) is 11.4 Å². The Balaban J connectivity index is 2.12. The van der Waals surface area contributed by atoms with Crippen molar-refractivity contribution in [3.05, 3.63) is 35.8 Å². The zero-order valence-corrected chi connectivity index (χ0v) is 13.3. The van der Waals surface area contributed by atoms with Gasteiger partial charge in [0.2, 0.25) is 5.91 Å². The van der Waals surface area contributed by atoms with Crippen LogP contribution in [-0.4, -0.2) is 31.7 Å². The summed E-state index contributed by atoms with van der Waals surface area (Å²) in [6, 6.07) is 4.57. The first-order chi connectivity index (χ1) is 11.5. The Kier molecular flexibility index (Phi) is 4.30. The van der Waals surface area contributed by atoms with Crippen LogP contribution in [0.4, 0.5) is 5.82 Å². The predicted molar refractivity (Wildman–Crippen MR) is 86.9 cm³/mol. The van der Waals surface area contributed by atoms with Gasteiger partial charge in [-0.25, -0.2) is 9.48 Å². The molecule has 0 unspecified atom stereocenters. The van der Waals surface area contributed by atoms with Gasteiger partial charge in [-0.2, -0.15) is 5.10 Å². The van der Waals surface area contributed by atoms with Crippen molar-refractivity contribution < 1.29 is 14.7 Å². The lowest BCUT2D eigenvalue weighted by atomic mass is 9.99. The number of carbonyl (C=O) groups excluding carboxylic acids is 1. The zero-order valence-electron chi connectivity index (χ0n) is 13.3. The van der Waals surface area contributed by atoms with E-state index in [0.29, 0.717) is 23.6 Å². The molecule has 0 spiro atoms.